The lowest BCUT2D eigenvalue weighted by atomic mass is 10.1. The van der Waals surface area contributed by atoms with E-state index in [4.69, 9.17) is 4.74 Å². The molecule has 0 bridgehead atoms. The van der Waals surface area contributed by atoms with Gasteiger partial charge in [0.25, 0.3) is 5.56 Å². The van der Waals surface area contributed by atoms with Crippen LogP contribution in [0.5, 0.6) is 0 Å². The molecule has 0 unspecified atom stereocenters. The number of hydrogen-bond acceptors (Lipinski definition) is 6. The average Bonchev–Trinajstić information content (AvgIpc) is 3.24. The number of carbonyl (C=O) groups excluding carboxylic acids is 1. The lowest BCUT2D eigenvalue weighted by Gasteiger charge is -2.11. The number of ether oxygens (including phenoxy) is 1. The van der Waals surface area contributed by atoms with Crippen LogP contribution in [-0.2, 0) is 17.7 Å². The highest BCUT2D eigenvalue weighted by Crippen LogP contribution is 2.23. The van der Waals surface area contributed by atoms with Crippen LogP contribution in [0.4, 0.5) is 0 Å². The molecule has 0 saturated heterocycles. The highest BCUT2D eigenvalue weighted by atomic mass is 32.2. The summed E-state index contributed by atoms with van der Waals surface area (Å²) in [6.07, 6.45) is 2.77. The first-order chi connectivity index (χ1) is 15.6. The third-order valence-corrected chi connectivity index (χ3v) is 6.28. The molecule has 0 fully saturated rings. The number of aryl methyl sites for hydroxylation is 2. The molecule has 0 aliphatic heterocycles. The smallest absolute Gasteiger partial charge is 0.262 e. The number of benzene rings is 2. The minimum atomic E-state index is -0.101. The number of Topliss-reactive ketones (excluding diaryl/α,β-unsaturated/α-hetero) is 1. The maximum absolute atomic E-state index is 13.1. The summed E-state index contributed by atoms with van der Waals surface area (Å²) in [7, 11) is 1.64. The standard InChI is InChI=1S/C24H26N4O3S/c1-3-7-17-10-12-18(13-11-17)21(29)16-32-24-26-25-23-27(14-6-15-31-2)22(30)19-8-4-5-9-20(19)28(23)24/h4-5,8-13H,3,6-7,14-16H2,1-2H3. The molecule has 8 heteroatoms. The maximum Gasteiger partial charge on any atom is 0.262 e. The molecule has 0 radical (unpaired) electrons. The summed E-state index contributed by atoms with van der Waals surface area (Å²) < 4.78 is 8.63. The number of carbonyl (C=O) groups is 1. The van der Waals surface area contributed by atoms with Crippen LogP contribution >= 0.6 is 11.8 Å². The third kappa shape index (κ3) is 4.47. The summed E-state index contributed by atoms with van der Waals surface area (Å²) in [6.45, 7) is 3.17. The van der Waals surface area contributed by atoms with Crippen LogP contribution in [-0.4, -0.2) is 44.4 Å². The second kappa shape index (κ2) is 10.1. The topological polar surface area (TPSA) is 78.5 Å². The van der Waals surface area contributed by atoms with E-state index in [1.807, 2.05) is 46.9 Å². The summed E-state index contributed by atoms with van der Waals surface area (Å²) in [5, 5.41) is 9.79. The maximum atomic E-state index is 13.1. The predicted octanol–water partition coefficient (Wildman–Crippen LogP) is 4.01. The molecular formula is C24H26N4O3S. The number of fused-ring (bicyclic) bond motifs is 3. The van der Waals surface area contributed by atoms with E-state index in [-0.39, 0.29) is 17.1 Å². The van der Waals surface area contributed by atoms with Crippen molar-refractivity contribution in [2.24, 2.45) is 0 Å². The van der Waals surface area contributed by atoms with Gasteiger partial charge in [0.05, 0.1) is 16.7 Å². The van der Waals surface area contributed by atoms with Crippen molar-refractivity contribution >= 4 is 34.2 Å². The van der Waals surface area contributed by atoms with Crippen LogP contribution in [0.1, 0.15) is 35.7 Å². The molecule has 32 heavy (non-hydrogen) atoms. The Hall–Kier alpha value is -2.97. The zero-order valence-electron chi connectivity index (χ0n) is 18.3. The zero-order chi connectivity index (χ0) is 22.5. The Bertz CT molecular complexity index is 1290. The third-order valence-electron chi connectivity index (χ3n) is 5.36. The minimum absolute atomic E-state index is 0.0347. The quantitative estimate of drug-likeness (QED) is 0.206. The van der Waals surface area contributed by atoms with Crippen molar-refractivity contribution in [2.45, 2.75) is 37.9 Å². The van der Waals surface area contributed by atoms with Crippen LogP contribution in [0, 0.1) is 0 Å². The first-order valence-corrected chi connectivity index (χ1v) is 11.7. The average molecular weight is 451 g/mol. The molecule has 4 aromatic rings. The van der Waals surface area contributed by atoms with E-state index in [1.165, 1.54) is 17.3 Å². The van der Waals surface area contributed by atoms with Crippen molar-refractivity contribution in [3.63, 3.8) is 0 Å². The Morgan fingerprint density at radius 3 is 2.62 bits per heavy atom. The lowest BCUT2D eigenvalue weighted by Crippen LogP contribution is -2.24. The van der Waals surface area contributed by atoms with Gasteiger partial charge >= 0.3 is 0 Å². The van der Waals surface area contributed by atoms with Crippen LogP contribution < -0.4 is 5.56 Å². The van der Waals surface area contributed by atoms with Crippen molar-refractivity contribution < 1.29 is 9.53 Å². The molecule has 166 valence electrons. The van der Waals surface area contributed by atoms with Gasteiger partial charge in [-0.3, -0.25) is 18.6 Å². The summed E-state index contributed by atoms with van der Waals surface area (Å²) in [5.41, 5.74) is 2.56. The molecule has 2 aromatic carbocycles. The van der Waals surface area contributed by atoms with E-state index >= 15 is 0 Å². The first-order valence-electron chi connectivity index (χ1n) is 10.7. The Morgan fingerprint density at radius 1 is 1.09 bits per heavy atom. The number of methoxy groups -OCH3 is 1. The highest BCUT2D eigenvalue weighted by molar-refractivity contribution is 7.99. The Labute approximate surface area is 190 Å². The zero-order valence-corrected chi connectivity index (χ0v) is 19.1. The van der Waals surface area contributed by atoms with Crippen LogP contribution in [0.25, 0.3) is 16.7 Å². The Morgan fingerprint density at radius 2 is 1.88 bits per heavy atom. The van der Waals surface area contributed by atoms with Crippen LogP contribution in [0.2, 0.25) is 0 Å². The predicted molar refractivity (Wildman–Crippen MR) is 127 cm³/mol. The molecule has 0 spiro atoms. The summed E-state index contributed by atoms with van der Waals surface area (Å²) in [4.78, 5) is 25.8. The van der Waals surface area contributed by atoms with Gasteiger partial charge in [-0.15, -0.1) is 10.2 Å². The fourth-order valence-corrected chi connectivity index (χ4v) is 4.59. The van der Waals surface area contributed by atoms with E-state index in [9.17, 15) is 9.59 Å². The Balaban J connectivity index is 1.64. The summed E-state index contributed by atoms with van der Waals surface area (Å²) >= 11 is 1.33. The second-order valence-corrected chi connectivity index (χ2v) is 8.54. The van der Waals surface area contributed by atoms with Gasteiger partial charge in [-0.25, -0.2) is 0 Å². The molecule has 0 amide bonds. The van der Waals surface area contributed by atoms with E-state index in [2.05, 4.69) is 17.1 Å². The van der Waals surface area contributed by atoms with Gasteiger partial charge in [0, 0.05) is 25.8 Å². The highest BCUT2D eigenvalue weighted by Gasteiger charge is 2.18. The molecule has 0 atom stereocenters. The molecule has 0 aliphatic rings. The largest absolute Gasteiger partial charge is 0.385 e. The molecule has 7 nitrogen and oxygen atoms in total. The van der Waals surface area contributed by atoms with Gasteiger partial charge in [-0.2, -0.15) is 0 Å². The molecule has 2 aromatic heterocycles. The first kappa shape index (κ1) is 22.2. The number of rotatable bonds is 10. The van der Waals surface area contributed by atoms with Crippen molar-refractivity contribution in [1.29, 1.82) is 0 Å². The van der Waals surface area contributed by atoms with Gasteiger partial charge in [0.15, 0.2) is 10.9 Å². The van der Waals surface area contributed by atoms with Crippen LogP contribution in [0.15, 0.2) is 58.5 Å². The second-order valence-electron chi connectivity index (χ2n) is 7.60. The van der Waals surface area contributed by atoms with E-state index < -0.39 is 0 Å². The molecular weight excluding hydrogens is 424 g/mol. The molecule has 4 rings (SSSR count). The fourth-order valence-electron chi connectivity index (χ4n) is 3.76. The molecule has 0 aliphatic carbocycles. The van der Waals surface area contributed by atoms with Gasteiger partial charge in [-0.1, -0.05) is 61.5 Å². The van der Waals surface area contributed by atoms with Gasteiger partial charge in [0.1, 0.15) is 0 Å². The van der Waals surface area contributed by atoms with E-state index in [0.717, 1.165) is 18.4 Å². The normalized spacial score (nSPS) is 11.4. The minimum Gasteiger partial charge on any atom is -0.385 e. The fraction of sp³-hybridized carbons (Fsp3) is 0.333. The number of ketones is 1. The number of thioether (sulfide) groups is 1. The SMILES string of the molecule is CCCc1ccc(C(=O)CSc2nnc3n(CCCOC)c(=O)c4ccccc4n23)cc1. The van der Waals surface area contributed by atoms with Crippen molar-refractivity contribution in [3.8, 4) is 0 Å². The number of nitrogens with zero attached hydrogens (tertiary/aromatic N) is 4. The number of aromatic nitrogens is 4. The van der Waals surface area contributed by atoms with E-state index in [0.29, 0.717) is 41.5 Å². The van der Waals surface area contributed by atoms with Crippen molar-refractivity contribution in [1.82, 2.24) is 19.2 Å². The summed E-state index contributed by atoms with van der Waals surface area (Å²) in [5.74, 6) is 0.751. The molecule has 0 saturated carbocycles. The van der Waals surface area contributed by atoms with Gasteiger partial charge < -0.3 is 4.74 Å². The van der Waals surface area contributed by atoms with Gasteiger partial charge in [0.2, 0.25) is 5.78 Å². The van der Waals surface area contributed by atoms with Crippen LogP contribution in [0.3, 0.4) is 0 Å². The molecule has 0 N–H and O–H groups in total. The Kier molecular flexibility index (Phi) is 7.02. The summed E-state index contributed by atoms with van der Waals surface area (Å²) in [6, 6.07) is 15.2. The molecule has 2 heterocycles. The van der Waals surface area contributed by atoms with Gasteiger partial charge in [-0.05, 0) is 30.5 Å². The monoisotopic (exact) mass is 450 g/mol. The van der Waals surface area contributed by atoms with Crippen molar-refractivity contribution in [2.75, 3.05) is 19.5 Å². The number of hydrogen-bond donors (Lipinski definition) is 0. The number of para-hydroxylation sites is 1. The lowest BCUT2D eigenvalue weighted by molar-refractivity contribution is 0.102. The van der Waals surface area contributed by atoms with Crippen molar-refractivity contribution in [3.05, 3.63) is 70.0 Å². The van der Waals surface area contributed by atoms with E-state index in [1.54, 1.807) is 17.7 Å².